The van der Waals surface area contributed by atoms with Gasteiger partial charge in [-0.25, -0.2) is 18.1 Å². The van der Waals surface area contributed by atoms with Gasteiger partial charge in [0.2, 0.25) is 10.0 Å². The Labute approximate surface area is 204 Å². The molecule has 0 saturated carbocycles. The van der Waals surface area contributed by atoms with Crippen molar-refractivity contribution in [2.45, 2.75) is 18.0 Å². The Morgan fingerprint density at radius 1 is 1.03 bits per heavy atom. The third kappa shape index (κ3) is 5.56. The highest BCUT2D eigenvalue weighted by Gasteiger charge is 2.26. The number of hydrogen-bond donors (Lipinski definition) is 1. The predicted molar refractivity (Wildman–Crippen MR) is 131 cm³/mol. The molecule has 3 aromatic carbocycles. The van der Waals surface area contributed by atoms with E-state index in [1.54, 1.807) is 11.0 Å². The van der Waals surface area contributed by atoms with Gasteiger partial charge in [-0.15, -0.1) is 0 Å². The number of aromatic nitrogens is 3. The SMILES string of the molecule is COc1ccc(C(=O)NCc2ccc(-n3cncn3)cc2)cc1S(=O)(=O)N(C)Cc1ccccc1. The molecule has 1 N–H and O–H groups in total. The summed E-state index contributed by atoms with van der Waals surface area (Å²) in [6.07, 6.45) is 3.06. The number of carbonyl (C=O) groups is 1. The predicted octanol–water partition coefficient (Wildman–Crippen LogP) is 3.03. The maximum absolute atomic E-state index is 13.3. The lowest BCUT2D eigenvalue weighted by molar-refractivity contribution is 0.0950. The molecule has 0 unspecified atom stereocenters. The number of rotatable bonds is 9. The van der Waals surface area contributed by atoms with Crippen molar-refractivity contribution in [3.05, 3.63) is 102 Å². The number of amides is 1. The molecular formula is C25H25N5O4S. The van der Waals surface area contributed by atoms with Gasteiger partial charge in [0.15, 0.2) is 0 Å². The van der Waals surface area contributed by atoms with Crippen molar-refractivity contribution in [1.29, 1.82) is 0 Å². The molecule has 1 aromatic heterocycles. The monoisotopic (exact) mass is 491 g/mol. The highest BCUT2D eigenvalue weighted by atomic mass is 32.2. The van der Waals surface area contributed by atoms with E-state index in [9.17, 15) is 13.2 Å². The Morgan fingerprint density at radius 3 is 2.43 bits per heavy atom. The molecule has 1 heterocycles. The molecule has 0 spiro atoms. The number of methoxy groups -OCH3 is 1. The molecule has 180 valence electrons. The molecule has 0 aliphatic rings. The van der Waals surface area contributed by atoms with Crippen LogP contribution in [0.15, 0.2) is 90.3 Å². The summed E-state index contributed by atoms with van der Waals surface area (Å²) in [5, 5.41) is 6.91. The molecule has 35 heavy (non-hydrogen) atoms. The van der Waals surface area contributed by atoms with Gasteiger partial charge in [-0.2, -0.15) is 9.40 Å². The summed E-state index contributed by atoms with van der Waals surface area (Å²) in [4.78, 5) is 16.7. The average Bonchev–Trinajstić information content (AvgIpc) is 3.43. The minimum atomic E-state index is -3.91. The number of sulfonamides is 1. The summed E-state index contributed by atoms with van der Waals surface area (Å²) in [6.45, 7) is 0.464. The fraction of sp³-hybridized carbons (Fsp3) is 0.160. The number of nitrogens with one attached hydrogen (secondary N) is 1. The molecule has 10 heteroatoms. The molecule has 0 bridgehead atoms. The van der Waals surface area contributed by atoms with E-state index >= 15 is 0 Å². The normalized spacial score (nSPS) is 11.4. The van der Waals surface area contributed by atoms with Gasteiger partial charge < -0.3 is 10.1 Å². The van der Waals surface area contributed by atoms with Crippen LogP contribution in [0.3, 0.4) is 0 Å². The molecule has 0 saturated heterocycles. The van der Waals surface area contributed by atoms with Crippen molar-refractivity contribution >= 4 is 15.9 Å². The van der Waals surface area contributed by atoms with Crippen molar-refractivity contribution < 1.29 is 17.9 Å². The zero-order chi connectivity index (χ0) is 24.8. The maximum Gasteiger partial charge on any atom is 0.251 e. The molecule has 0 fully saturated rings. The Hall–Kier alpha value is -4.02. The van der Waals surface area contributed by atoms with E-state index in [-0.39, 0.29) is 29.3 Å². The van der Waals surface area contributed by atoms with Crippen molar-refractivity contribution in [2.24, 2.45) is 0 Å². The Morgan fingerprint density at radius 2 is 1.77 bits per heavy atom. The fourth-order valence-corrected chi connectivity index (χ4v) is 4.84. The number of nitrogens with zero attached hydrogens (tertiary/aromatic N) is 4. The second-order valence-corrected chi connectivity index (χ2v) is 9.81. The standard InChI is InChI=1S/C25H25N5O4S/c1-29(16-20-6-4-3-5-7-20)35(32,33)24-14-21(10-13-23(24)34-2)25(31)27-15-19-8-11-22(12-9-19)30-18-26-17-28-30/h3-14,17-18H,15-16H2,1-2H3,(H,27,31). The van der Waals surface area contributed by atoms with Crippen molar-refractivity contribution in [3.8, 4) is 11.4 Å². The maximum atomic E-state index is 13.3. The lowest BCUT2D eigenvalue weighted by Crippen LogP contribution is -2.28. The van der Waals surface area contributed by atoms with Crippen LogP contribution < -0.4 is 10.1 Å². The highest BCUT2D eigenvalue weighted by molar-refractivity contribution is 7.89. The first-order valence-corrected chi connectivity index (χ1v) is 12.2. The number of benzene rings is 3. The topological polar surface area (TPSA) is 106 Å². The third-order valence-corrected chi connectivity index (χ3v) is 7.26. The molecule has 4 aromatic rings. The molecule has 0 radical (unpaired) electrons. The third-order valence-electron chi connectivity index (χ3n) is 5.43. The quantitative estimate of drug-likeness (QED) is 0.386. The average molecular weight is 492 g/mol. The summed E-state index contributed by atoms with van der Waals surface area (Å²) in [7, 11) is -1.02. The first-order valence-electron chi connectivity index (χ1n) is 10.8. The van der Waals surface area contributed by atoms with Crippen LogP contribution in [-0.2, 0) is 23.1 Å². The van der Waals surface area contributed by atoms with Crippen LogP contribution >= 0.6 is 0 Å². The highest BCUT2D eigenvalue weighted by Crippen LogP contribution is 2.28. The summed E-state index contributed by atoms with van der Waals surface area (Å²) >= 11 is 0. The van der Waals surface area contributed by atoms with E-state index < -0.39 is 15.9 Å². The van der Waals surface area contributed by atoms with Gasteiger partial charge in [-0.3, -0.25) is 4.79 Å². The van der Waals surface area contributed by atoms with Gasteiger partial charge in [0.05, 0.1) is 12.8 Å². The largest absolute Gasteiger partial charge is 0.495 e. The summed E-state index contributed by atoms with van der Waals surface area (Å²) in [5.74, 6) is -0.222. The van der Waals surface area contributed by atoms with Gasteiger partial charge in [-0.05, 0) is 41.5 Å². The van der Waals surface area contributed by atoms with E-state index in [4.69, 9.17) is 4.74 Å². The molecular weight excluding hydrogens is 466 g/mol. The van der Waals surface area contributed by atoms with Crippen LogP contribution in [-0.4, -0.2) is 47.6 Å². The van der Waals surface area contributed by atoms with Gasteiger partial charge in [0.1, 0.15) is 23.3 Å². The van der Waals surface area contributed by atoms with Crippen LogP contribution in [0, 0.1) is 0 Å². The van der Waals surface area contributed by atoms with Crippen LogP contribution in [0.2, 0.25) is 0 Å². The zero-order valence-corrected chi connectivity index (χ0v) is 20.1. The molecule has 0 aliphatic carbocycles. The number of ether oxygens (including phenoxy) is 1. The molecule has 0 aliphatic heterocycles. The van der Waals surface area contributed by atoms with Gasteiger partial charge in [-0.1, -0.05) is 42.5 Å². The van der Waals surface area contributed by atoms with Crippen molar-refractivity contribution in [1.82, 2.24) is 24.4 Å². The first-order chi connectivity index (χ1) is 16.9. The van der Waals surface area contributed by atoms with E-state index in [0.717, 1.165) is 16.8 Å². The fourth-order valence-electron chi connectivity index (χ4n) is 3.51. The van der Waals surface area contributed by atoms with Crippen molar-refractivity contribution in [2.75, 3.05) is 14.2 Å². The zero-order valence-electron chi connectivity index (χ0n) is 19.3. The summed E-state index contributed by atoms with van der Waals surface area (Å²) in [5.41, 5.74) is 2.80. The van der Waals surface area contributed by atoms with Gasteiger partial charge in [0.25, 0.3) is 5.91 Å². The van der Waals surface area contributed by atoms with Crippen LogP contribution in [0.25, 0.3) is 5.69 Å². The Kier molecular flexibility index (Phi) is 7.23. The van der Waals surface area contributed by atoms with Crippen LogP contribution in [0.1, 0.15) is 21.5 Å². The number of hydrogen-bond acceptors (Lipinski definition) is 6. The molecule has 1 amide bonds. The number of carbonyl (C=O) groups excluding carboxylic acids is 1. The van der Waals surface area contributed by atoms with Crippen LogP contribution in [0.4, 0.5) is 0 Å². The van der Waals surface area contributed by atoms with E-state index in [2.05, 4.69) is 15.4 Å². The van der Waals surface area contributed by atoms with E-state index in [0.29, 0.717) is 0 Å². The molecule has 4 rings (SSSR count). The Balaban J connectivity index is 1.49. The second-order valence-electron chi connectivity index (χ2n) is 7.80. The first kappa shape index (κ1) is 24.1. The minimum Gasteiger partial charge on any atom is -0.495 e. The van der Waals surface area contributed by atoms with E-state index in [1.165, 1.54) is 43.0 Å². The lowest BCUT2D eigenvalue weighted by Gasteiger charge is -2.19. The Bertz CT molecular complexity index is 1390. The summed E-state index contributed by atoms with van der Waals surface area (Å²) < 4.78 is 34.8. The van der Waals surface area contributed by atoms with Crippen molar-refractivity contribution in [3.63, 3.8) is 0 Å². The smallest absolute Gasteiger partial charge is 0.251 e. The summed E-state index contributed by atoms with van der Waals surface area (Å²) in [6, 6.07) is 21.1. The second kappa shape index (κ2) is 10.5. The van der Waals surface area contributed by atoms with Gasteiger partial charge >= 0.3 is 0 Å². The molecule has 9 nitrogen and oxygen atoms in total. The lowest BCUT2D eigenvalue weighted by atomic mass is 10.1. The van der Waals surface area contributed by atoms with Gasteiger partial charge in [0, 0.05) is 25.7 Å². The van der Waals surface area contributed by atoms with E-state index in [1.807, 2.05) is 54.6 Å². The molecule has 0 atom stereocenters. The van der Waals surface area contributed by atoms with Crippen LogP contribution in [0.5, 0.6) is 5.75 Å². The minimum absolute atomic E-state index is 0.0664.